The molecule has 1 saturated heterocycles. The molecule has 0 radical (unpaired) electrons. The van der Waals surface area contributed by atoms with Crippen LogP contribution < -0.4 is 5.32 Å². The summed E-state index contributed by atoms with van der Waals surface area (Å²) in [5.41, 5.74) is 0. The van der Waals surface area contributed by atoms with Crippen LogP contribution in [0, 0.1) is 0 Å². The van der Waals surface area contributed by atoms with Gasteiger partial charge in [-0.2, -0.15) is 0 Å². The van der Waals surface area contributed by atoms with Crippen LogP contribution in [-0.4, -0.2) is 48.4 Å². The molecule has 0 bridgehead atoms. The number of hydrogen-bond donors (Lipinski definition) is 2. The van der Waals surface area contributed by atoms with Crippen LogP contribution in [0.4, 0.5) is 0 Å². The van der Waals surface area contributed by atoms with Crippen molar-refractivity contribution in [1.29, 1.82) is 0 Å². The van der Waals surface area contributed by atoms with Gasteiger partial charge in [0, 0.05) is 19.4 Å². The summed E-state index contributed by atoms with van der Waals surface area (Å²) < 4.78 is 11.2. The Labute approximate surface area is 221 Å². The molecule has 1 aliphatic heterocycles. The molecule has 212 valence electrons. The molecule has 36 heavy (non-hydrogen) atoms. The number of nitrogens with one attached hydrogen (secondary N) is 1. The molecular weight excluding hydrogens is 454 g/mol. The molecule has 0 saturated carbocycles. The number of ether oxygens (including phenoxy) is 2. The standard InChI is InChI=1S/C30H57NO5/c1-3-5-7-9-12-16-20-27(21-17-13-10-8-6-4-2)36-29(33)22-18-14-11-15-19-23-35-30(34)28-24-26(32)25-31-28/h26-28,31-32H,3-25H2,1-2H3. The fourth-order valence-electron chi connectivity index (χ4n) is 4.88. The van der Waals surface area contributed by atoms with E-state index in [4.69, 9.17) is 9.47 Å². The number of esters is 2. The molecule has 0 aromatic heterocycles. The van der Waals surface area contributed by atoms with Gasteiger partial charge in [-0.25, -0.2) is 0 Å². The highest BCUT2D eigenvalue weighted by molar-refractivity contribution is 5.76. The highest BCUT2D eigenvalue weighted by Gasteiger charge is 2.29. The lowest BCUT2D eigenvalue weighted by molar-refractivity contribution is -0.150. The Morgan fingerprint density at radius 2 is 1.31 bits per heavy atom. The van der Waals surface area contributed by atoms with Crippen molar-refractivity contribution in [3.8, 4) is 0 Å². The van der Waals surface area contributed by atoms with Gasteiger partial charge in [0.2, 0.25) is 0 Å². The van der Waals surface area contributed by atoms with Crippen molar-refractivity contribution in [2.24, 2.45) is 0 Å². The van der Waals surface area contributed by atoms with Crippen LogP contribution in [0.25, 0.3) is 0 Å². The number of hydrogen-bond acceptors (Lipinski definition) is 6. The summed E-state index contributed by atoms with van der Waals surface area (Å²) in [5.74, 6) is -0.289. The lowest BCUT2D eigenvalue weighted by Gasteiger charge is -2.18. The molecule has 0 spiro atoms. The van der Waals surface area contributed by atoms with E-state index in [1.54, 1.807) is 0 Å². The quantitative estimate of drug-likeness (QED) is 0.107. The summed E-state index contributed by atoms with van der Waals surface area (Å²) in [5, 5.41) is 12.4. The van der Waals surface area contributed by atoms with Gasteiger partial charge in [-0.05, 0) is 38.5 Å². The highest BCUT2D eigenvalue weighted by atomic mass is 16.5. The lowest BCUT2D eigenvalue weighted by Crippen LogP contribution is -2.32. The van der Waals surface area contributed by atoms with Crippen molar-refractivity contribution in [3.05, 3.63) is 0 Å². The number of unbranched alkanes of at least 4 members (excludes halogenated alkanes) is 14. The first-order valence-electron chi connectivity index (χ1n) is 15.3. The second kappa shape index (κ2) is 23.0. The van der Waals surface area contributed by atoms with Crippen molar-refractivity contribution >= 4 is 11.9 Å². The summed E-state index contributed by atoms with van der Waals surface area (Å²) in [6.45, 7) is 5.38. The molecule has 0 aromatic rings. The van der Waals surface area contributed by atoms with Crippen LogP contribution in [0.2, 0.25) is 0 Å². The predicted octanol–water partition coefficient (Wildman–Crippen LogP) is 7.01. The summed E-state index contributed by atoms with van der Waals surface area (Å²) in [7, 11) is 0. The molecule has 0 aromatic carbocycles. The average Bonchev–Trinajstić information content (AvgIpc) is 3.31. The molecule has 2 atom stereocenters. The van der Waals surface area contributed by atoms with E-state index in [1.165, 1.54) is 77.0 Å². The van der Waals surface area contributed by atoms with E-state index in [0.717, 1.165) is 44.9 Å². The number of carbonyl (C=O) groups excluding carboxylic acids is 2. The monoisotopic (exact) mass is 511 g/mol. The van der Waals surface area contributed by atoms with Crippen molar-refractivity contribution in [1.82, 2.24) is 5.32 Å². The van der Waals surface area contributed by atoms with Gasteiger partial charge in [0.25, 0.3) is 0 Å². The number of aliphatic hydroxyl groups is 1. The van der Waals surface area contributed by atoms with Crippen LogP contribution in [0.1, 0.15) is 149 Å². The van der Waals surface area contributed by atoms with Crippen LogP contribution >= 0.6 is 0 Å². The van der Waals surface area contributed by atoms with Crippen LogP contribution in [0.15, 0.2) is 0 Å². The number of aliphatic hydroxyl groups excluding tert-OH is 1. The summed E-state index contributed by atoms with van der Waals surface area (Å²) >= 11 is 0. The minimum absolute atomic E-state index is 0.0304. The molecule has 1 fully saturated rings. The summed E-state index contributed by atoms with van der Waals surface area (Å²) in [6.07, 6.45) is 22.6. The van der Waals surface area contributed by atoms with Crippen LogP contribution in [0.5, 0.6) is 0 Å². The van der Waals surface area contributed by atoms with Gasteiger partial charge >= 0.3 is 11.9 Å². The first kappa shape index (κ1) is 32.9. The van der Waals surface area contributed by atoms with Gasteiger partial charge in [0.1, 0.15) is 12.1 Å². The van der Waals surface area contributed by atoms with E-state index < -0.39 is 6.10 Å². The normalized spacial score (nSPS) is 17.6. The topological polar surface area (TPSA) is 84.9 Å². The zero-order valence-corrected chi connectivity index (χ0v) is 23.6. The SMILES string of the molecule is CCCCCCCCC(CCCCCCCC)OC(=O)CCCCCCCOC(=O)C1CC(O)CN1. The Balaban J connectivity index is 2.11. The molecule has 6 nitrogen and oxygen atoms in total. The van der Waals surface area contributed by atoms with Gasteiger partial charge in [0.05, 0.1) is 12.7 Å². The smallest absolute Gasteiger partial charge is 0.323 e. The maximum Gasteiger partial charge on any atom is 0.323 e. The first-order valence-corrected chi connectivity index (χ1v) is 15.3. The minimum Gasteiger partial charge on any atom is -0.465 e. The Hall–Kier alpha value is -1.14. The third-order valence-corrected chi connectivity index (χ3v) is 7.22. The van der Waals surface area contributed by atoms with E-state index >= 15 is 0 Å². The predicted molar refractivity (Wildman–Crippen MR) is 147 cm³/mol. The largest absolute Gasteiger partial charge is 0.465 e. The molecule has 0 amide bonds. The molecule has 1 rings (SSSR count). The van der Waals surface area contributed by atoms with Gasteiger partial charge in [-0.15, -0.1) is 0 Å². The minimum atomic E-state index is -0.449. The fourth-order valence-corrected chi connectivity index (χ4v) is 4.88. The van der Waals surface area contributed by atoms with E-state index in [1.807, 2.05) is 0 Å². The third-order valence-electron chi connectivity index (χ3n) is 7.22. The van der Waals surface area contributed by atoms with Crippen molar-refractivity contribution < 1.29 is 24.2 Å². The summed E-state index contributed by atoms with van der Waals surface area (Å²) in [6, 6.07) is -0.364. The Morgan fingerprint density at radius 1 is 0.778 bits per heavy atom. The Bertz CT molecular complexity index is 525. The summed E-state index contributed by atoms with van der Waals surface area (Å²) in [4.78, 5) is 24.3. The van der Waals surface area contributed by atoms with Crippen molar-refractivity contribution in [2.45, 2.75) is 167 Å². The zero-order valence-electron chi connectivity index (χ0n) is 23.6. The molecule has 1 aliphatic rings. The maximum absolute atomic E-state index is 12.5. The van der Waals surface area contributed by atoms with Gasteiger partial charge in [0.15, 0.2) is 0 Å². The van der Waals surface area contributed by atoms with E-state index in [0.29, 0.717) is 26.0 Å². The molecule has 0 aliphatic carbocycles. The molecule has 2 unspecified atom stereocenters. The van der Waals surface area contributed by atoms with Gasteiger partial charge in [-0.3, -0.25) is 9.59 Å². The average molecular weight is 512 g/mol. The van der Waals surface area contributed by atoms with E-state index in [-0.39, 0.29) is 24.1 Å². The Kier molecular flexibility index (Phi) is 21.0. The third kappa shape index (κ3) is 18.2. The van der Waals surface area contributed by atoms with Crippen LogP contribution in [-0.2, 0) is 19.1 Å². The first-order chi connectivity index (χ1) is 17.6. The molecule has 2 N–H and O–H groups in total. The molecular formula is C30H57NO5. The molecule has 1 heterocycles. The maximum atomic E-state index is 12.5. The van der Waals surface area contributed by atoms with E-state index in [2.05, 4.69) is 19.2 Å². The number of β-amino-alcohol motifs (C(OH)–C–C–N with tert-alkyl or cyclic N) is 1. The number of carbonyl (C=O) groups is 2. The van der Waals surface area contributed by atoms with Crippen molar-refractivity contribution in [3.63, 3.8) is 0 Å². The lowest BCUT2D eigenvalue weighted by atomic mass is 10.0. The second-order valence-electron chi connectivity index (χ2n) is 10.8. The highest BCUT2D eigenvalue weighted by Crippen LogP contribution is 2.18. The Morgan fingerprint density at radius 3 is 1.86 bits per heavy atom. The number of rotatable bonds is 24. The second-order valence-corrected chi connectivity index (χ2v) is 10.8. The van der Waals surface area contributed by atoms with Crippen molar-refractivity contribution in [2.75, 3.05) is 13.2 Å². The fraction of sp³-hybridized carbons (Fsp3) is 0.933. The van der Waals surface area contributed by atoms with E-state index in [9.17, 15) is 14.7 Å². The van der Waals surface area contributed by atoms with Gasteiger partial charge < -0.3 is 19.9 Å². The van der Waals surface area contributed by atoms with Crippen LogP contribution in [0.3, 0.4) is 0 Å². The zero-order chi connectivity index (χ0) is 26.3. The molecule has 6 heteroatoms. The van der Waals surface area contributed by atoms with Gasteiger partial charge in [-0.1, -0.05) is 97.3 Å².